The summed E-state index contributed by atoms with van der Waals surface area (Å²) in [5.41, 5.74) is 0.994. The fraction of sp³-hybridized carbons (Fsp3) is 0.208. The van der Waals surface area contributed by atoms with E-state index in [1.807, 2.05) is 0 Å². The van der Waals surface area contributed by atoms with E-state index in [2.05, 4.69) is 5.32 Å². The summed E-state index contributed by atoms with van der Waals surface area (Å²) in [4.78, 5) is 13.0. The largest absolute Gasteiger partial charge is 0.493 e. The Kier molecular flexibility index (Phi) is 7.84. The van der Waals surface area contributed by atoms with Gasteiger partial charge in [-0.3, -0.25) is 9.10 Å². The van der Waals surface area contributed by atoms with Crippen molar-refractivity contribution in [1.82, 2.24) is 5.32 Å². The Morgan fingerprint density at radius 2 is 1.61 bits per heavy atom. The maximum atomic E-state index is 13.4. The number of ether oxygens (including phenoxy) is 2. The lowest BCUT2D eigenvalue weighted by Crippen LogP contribution is -2.41. The van der Waals surface area contributed by atoms with Gasteiger partial charge in [0, 0.05) is 0 Å². The molecule has 0 fully saturated rings. The van der Waals surface area contributed by atoms with Crippen LogP contribution in [0.2, 0.25) is 5.02 Å². The Morgan fingerprint density at radius 1 is 0.970 bits per heavy atom. The van der Waals surface area contributed by atoms with Crippen LogP contribution in [-0.4, -0.2) is 35.1 Å². The number of para-hydroxylation sites is 1. The Bertz CT molecular complexity index is 1220. The van der Waals surface area contributed by atoms with Crippen LogP contribution >= 0.6 is 11.6 Å². The molecule has 1 unspecified atom stereocenters. The lowest BCUT2D eigenvalue weighted by Gasteiger charge is -2.26. The zero-order valence-electron chi connectivity index (χ0n) is 18.5. The lowest BCUT2D eigenvalue weighted by atomic mass is 10.1. The van der Waals surface area contributed by atoms with Crippen LogP contribution in [0.4, 0.5) is 5.69 Å². The number of carbonyl (C=O) groups excluding carboxylic acids is 1. The van der Waals surface area contributed by atoms with E-state index in [1.165, 1.54) is 19.2 Å². The van der Waals surface area contributed by atoms with Crippen molar-refractivity contribution in [3.05, 3.63) is 83.4 Å². The van der Waals surface area contributed by atoms with Crippen LogP contribution in [0.1, 0.15) is 18.5 Å². The molecule has 0 saturated heterocycles. The summed E-state index contributed by atoms with van der Waals surface area (Å²) >= 11 is 6.30. The van der Waals surface area contributed by atoms with Gasteiger partial charge in [-0.2, -0.15) is 0 Å². The van der Waals surface area contributed by atoms with E-state index in [-0.39, 0.29) is 15.6 Å². The second-order valence-electron chi connectivity index (χ2n) is 7.18. The van der Waals surface area contributed by atoms with Crippen molar-refractivity contribution in [3.8, 4) is 11.5 Å². The van der Waals surface area contributed by atoms with Gasteiger partial charge in [-0.1, -0.05) is 48.0 Å². The van der Waals surface area contributed by atoms with Crippen LogP contribution in [-0.2, 0) is 14.8 Å². The molecule has 0 aliphatic rings. The van der Waals surface area contributed by atoms with Crippen LogP contribution in [0, 0.1) is 0 Å². The predicted octanol–water partition coefficient (Wildman–Crippen LogP) is 4.43. The molecule has 3 aromatic rings. The number of methoxy groups -OCH3 is 2. The van der Waals surface area contributed by atoms with Crippen molar-refractivity contribution in [2.75, 3.05) is 25.1 Å². The number of halogens is 1. The highest BCUT2D eigenvalue weighted by molar-refractivity contribution is 7.92. The number of amides is 1. The highest BCUT2D eigenvalue weighted by Gasteiger charge is 2.29. The maximum Gasteiger partial charge on any atom is 0.264 e. The minimum Gasteiger partial charge on any atom is -0.493 e. The van der Waals surface area contributed by atoms with Gasteiger partial charge in [-0.15, -0.1) is 0 Å². The zero-order chi connectivity index (χ0) is 24.0. The lowest BCUT2D eigenvalue weighted by molar-refractivity contribution is -0.120. The van der Waals surface area contributed by atoms with Gasteiger partial charge in [0.1, 0.15) is 6.54 Å². The summed E-state index contributed by atoms with van der Waals surface area (Å²) in [7, 11) is -0.971. The highest BCUT2D eigenvalue weighted by atomic mass is 35.5. The van der Waals surface area contributed by atoms with Crippen molar-refractivity contribution >= 4 is 33.2 Å². The van der Waals surface area contributed by atoms with E-state index in [0.717, 1.165) is 9.87 Å². The van der Waals surface area contributed by atoms with Crippen molar-refractivity contribution in [2.24, 2.45) is 0 Å². The zero-order valence-corrected chi connectivity index (χ0v) is 20.1. The number of hydrogen-bond donors (Lipinski definition) is 1. The molecule has 3 rings (SSSR count). The third-order valence-electron chi connectivity index (χ3n) is 5.02. The van der Waals surface area contributed by atoms with Gasteiger partial charge in [0.25, 0.3) is 10.0 Å². The number of nitrogens with zero attached hydrogens (tertiary/aromatic N) is 1. The number of benzene rings is 3. The molecular formula is C24H25ClN2O5S. The van der Waals surface area contributed by atoms with E-state index < -0.39 is 28.5 Å². The van der Waals surface area contributed by atoms with Crippen molar-refractivity contribution in [1.29, 1.82) is 0 Å². The topological polar surface area (TPSA) is 84.9 Å². The van der Waals surface area contributed by atoms with Gasteiger partial charge >= 0.3 is 0 Å². The molecule has 0 aliphatic carbocycles. The van der Waals surface area contributed by atoms with Crippen LogP contribution < -0.4 is 19.1 Å². The highest BCUT2D eigenvalue weighted by Crippen LogP contribution is 2.31. The van der Waals surface area contributed by atoms with Crippen LogP contribution in [0.3, 0.4) is 0 Å². The minimum atomic E-state index is -4.04. The molecule has 1 atom stereocenters. The number of nitrogens with one attached hydrogen (secondary N) is 1. The van der Waals surface area contributed by atoms with Gasteiger partial charge in [0.15, 0.2) is 11.5 Å². The summed E-state index contributed by atoms with van der Waals surface area (Å²) in [6.45, 7) is 1.35. The normalized spacial score (nSPS) is 12.0. The van der Waals surface area contributed by atoms with E-state index in [9.17, 15) is 13.2 Å². The summed E-state index contributed by atoms with van der Waals surface area (Å²) < 4.78 is 38.4. The summed E-state index contributed by atoms with van der Waals surface area (Å²) in [5.74, 6) is 0.607. The third-order valence-corrected chi connectivity index (χ3v) is 7.12. The Morgan fingerprint density at radius 3 is 2.24 bits per heavy atom. The van der Waals surface area contributed by atoms with Crippen molar-refractivity contribution in [2.45, 2.75) is 17.9 Å². The number of sulfonamides is 1. The Hall–Kier alpha value is -3.23. The van der Waals surface area contributed by atoms with Crippen LogP contribution in [0.15, 0.2) is 77.7 Å². The van der Waals surface area contributed by atoms with Gasteiger partial charge in [-0.25, -0.2) is 8.42 Å². The molecule has 0 bridgehead atoms. The van der Waals surface area contributed by atoms with Crippen LogP contribution in [0.25, 0.3) is 0 Å². The molecule has 0 radical (unpaired) electrons. The fourth-order valence-electron chi connectivity index (χ4n) is 3.30. The monoisotopic (exact) mass is 488 g/mol. The standard InChI is InChI=1S/C24H25ClN2O5S/c1-17(18-13-14-22(31-2)23(15-18)32-3)26-24(28)16-27(21-12-8-7-11-20(21)25)33(29,30)19-9-5-4-6-10-19/h4-15,17H,16H2,1-3H3,(H,26,28). The van der Waals surface area contributed by atoms with E-state index in [0.29, 0.717) is 11.5 Å². The molecule has 0 heterocycles. The van der Waals surface area contributed by atoms with Gasteiger partial charge in [0.05, 0.1) is 35.9 Å². The minimum absolute atomic E-state index is 0.0608. The van der Waals surface area contributed by atoms with E-state index in [1.54, 1.807) is 74.7 Å². The van der Waals surface area contributed by atoms with Crippen molar-refractivity contribution < 1.29 is 22.7 Å². The van der Waals surface area contributed by atoms with E-state index >= 15 is 0 Å². The molecule has 3 aromatic carbocycles. The van der Waals surface area contributed by atoms with Crippen molar-refractivity contribution in [3.63, 3.8) is 0 Å². The van der Waals surface area contributed by atoms with Crippen LogP contribution in [0.5, 0.6) is 11.5 Å². The summed E-state index contributed by atoms with van der Waals surface area (Å²) in [5, 5.41) is 3.06. The molecule has 0 aliphatic heterocycles. The molecule has 0 spiro atoms. The Balaban J connectivity index is 1.87. The first-order valence-electron chi connectivity index (χ1n) is 10.1. The molecule has 1 amide bonds. The maximum absolute atomic E-state index is 13.4. The van der Waals surface area contributed by atoms with Gasteiger partial charge in [-0.05, 0) is 48.9 Å². The molecule has 0 aromatic heterocycles. The molecule has 33 heavy (non-hydrogen) atoms. The molecule has 0 saturated carbocycles. The first-order valence-corrected chi connectivity index (χ1v) is 11.9. The first-order chi connectivity index (χ1) is 15.8. The first kappa shape index (κ1) is 24.4. The summed E-state index contributed by atoms with van der Waals surface area (Å²) in [6.07, 6.45) is 0. The quantitative estimate of drug-likeness (QED) is 0.481. The molecule has 7 nitrogen and oxygen atoms in total. The molecular weight excluding hydrogens is 464 g/mol. The molecule has 9 heteroatoms. The average Bonchev–Trinajstić information content (AvgIpc) is 2.83. The number of rotatable bonds is 9. The fourth-order valence-corrected chi connectivity index (χ4v) is 5.05. The smallest absolute Gasteiger partial charge is 0.264 e. The summed E-state index contributed by atoms with van der Waals surface area (Å²) in [6, 6.07) is 19.3. The number of carbonyl (C=O) groups is 1. The third kappa shape index (κ3) is 5.58. The number of anilines is 1. The predicted molar refractivity (Wildman–Crippen MR) is 129 cm³/mol. The SMILES string of the molecule is COc1ccc(C(C)NC(=O)CN(c2ccccc2Cl)S(=O)(=O)c2ccccc2)cc1OC. The second kappa shape index (κ2) is 10.6. The van der Waals surface area contributed by atoms with E-state index in [4.69, 9.17) is 21.1 Å². The molecule has 174 valence electrons. The molecule has 1 N–H and O–H groups in total. The average molecular weight is 489 g/mol. The van der Waals surface area contributed by atoms with Gasteiger partial charge in [0.2, 0.25) is 5.91 Å². The second-order valence-corrected chi connectivity index (χ2v) is 9.45. The van der Waals surface area contributed by atoms with Gasteiger partial charge < -0.3 is 14.8 Å². The number of hydrogen-bond acceptors (Lipinski definition) is 5. The Labute approximate surface area is 198 Å².